The van der Waals surface area contributed by atoms with Crippen molar-refractivity contribution in [2.24, 2.45) is 5.92 Å². The first-order chi connectivity index (χ1) is 5.84. The van der Waals surface area contributed by atoms with Gasteiger partial charge >= 0.3 is 0 Å². The highest BCUT2D eigenvalue weighted by atomic mass is 19.1. The maximum absolute atomic E-state index is 13.3. The van der Waals surface area contributed by atoms with Gasteiger partial charge < -0.3 is 4.85 Å². The Morgan fingerprint density at radius 1 is 1.25 bits per heavy atom. The van der Waals surface area contributed by atoms with Gasteiger partial charge in [0.15, 0.2) is 6.17 Å². The molecule has 0 aromatic rings. The molecule has 0 radical (unpaired) electrons. The number of halogens is 1. The Morgan fingerprint density at radius 2 is 1.83 bits per heavy atom. The third kappa shape index (κ3) is 2.81. The van der Waals surface area contributed by atoms with Crippen LogP contribution in [0.5, 0.6) is 0 Å². The average Bonchev–Trinajstić information content (AvgIpc) is 2.32. The van der Waals surface area contributed by atoms with E-state index in [1.807, 2.05) is 0 Å². The second-order valence-electron chi connectivity index (χ2n) is 3.61. The van der Waals surface area contributed by atoms with Crippen molar-refractivity contribution in [2.45, 2.75) is 44.7 Å². The van der Waals surface area contributed by atoms with Crippen LogP contribution in [0.1, 0.15) is 38.5 Å². The summed E-state index contributed by atoms with van der Waals surface area (Å²) in [5, 5.41) is 0. The zero-order chi connectivity index (χ0) is 8.81. The summed E-state index contributed by atoms with van der Waals surface area (Å²) in [6.07, 6.45) is 5.95. The van der Waals surface area contributed by atoms with Crippen molar-refractivity contribution in [3.05, 3.63) is 11.4 Å². The van der Waals surface area contributed by atoms with Gasteiger partial charge in [0.2, 0.25) is 6.54 Å². The van der Waals surface area contributed by atoms with Crippen LogP contribution in [0, 0.1) is 12.5 Å². The fourth-order valence-electron chi connectivity index (χ4n) is 1.91. The molecule has 0 heterocycles. The van der Waals surface area contributed by atoms with Crippen molar-refractivity contribution in [2.75, 3.05) is 6.54 Å². The molecule has 12 heavy (non-hydrogen) atoms. The molecule has 0 bridgehead atoms. The van der Waals surface area contributed by atoms with Gasteiger partial charge in [-0.05, 0) is 18.8 Å². The predicted octanol–water partition coefficient (Wildman–Crippen LogP) is 3.21. The number of nitrogens with zero attached hydrogens (tertiary/aromatic N) is 1. The molecule has 0 aromatic heterocycles. The summed E-state index contributed by atoms with van der Waals surface area (Å²) in [5.74, 6) is 0.182. The summed E-state index contributed by atoms with van der Waals surface area (Å²) in [6, 6.07) is 0. The van der Waals surface area contributed by atoms with Gasteiger partial charge in [0.05, 0.1) is 0 Å². The maximum atomic E-state index is 13.3. The Morgan fingerprint density at radius 3 is 2.33 bits per heavy atom. The largest absolute Gasteiger partial charge is 0.314 e. The lowest BCUT2D eigenvalue weighted by Gasteiger charge is -2.14. The lowest BCUT2D eigenvalue weighted by molar-refractivity contribution is 0.224. The van der Waals surface area contributed by atoms with E-state index < -0.39 is 6.17 Å². The smallest absolute Gasteiger partial charge is 0.245 e. The summed E-state index contributed by atoms with van der Waals surface area (Å²) in [6.45, 7) is 6.67. The third-order valence-corrected chi connectivity index (χ3v) is 2.68. The summed E-state index contributed by atoms with van der Waals surface area (Å²) < 4.78 is 13.3. The first-order valence-electron chi connectivity index (χ1n) is 4.82. The van der Waals surface area contributed by atoms with E-state index >= 15 is 0 Å². The van der Waals surface area contributed by atoms with Crippen molar-refractivity contribution in [1.82, 2.24) is 0 Å². The summed E-state index contributed by atoms with van der Waals surface area (Å²) in [5.41, 5.74) is 0. The van der Waals surface area contributed by atoms with Crippen LogP contribution in [0.3, 0.4) is 0 Å². The molecule has 0 N–H and O–H groups in total. The molecule has 1 atom stereocenters. The minimum absolute atomic E-state index is 0.0741. The van der Waals surface area contributed by atoms with Crippen molar-refractivity contribution < 1.29 is 4.39 Å². The van der Waals surface area contributed by atoms with E-state index in [2.05, 4.69) is 4.85 Å². The quantitative estimate of drug-likeness (QED) is 0.441. The lowest BCUT2D eigenvalue weighted by atomic mass is 9.95. The van der Waals surface area contributed by atoms with Gasteiger partial charge in [-0.2, -0.15) is 0 Å². The second kappa shape index (κ2) is 5.13. The Labute approximate surface area is 73.8 Å². The van der Waals surface area contributed by atoms with Crippen LogP contribution in [0.4, 0.5) is 4.39 Å². The topological polar surface area (TPSA) is 4.36 Å². The zero-order valence-electron chi connectivity index (χ0n) is 7.43. The highest BCUT2D eigenvalue weighted by Gasteiger charge is 2.23. The van der Waals surface area contributed by atoms with Crippen LogP contribution in [0.25, 0.3) is 4.85 Å². The molecule has 0 aromatic carbocycles. The first kappa shape index (κ1) is 9.51. The molecular weight excluding hydrogens is 153 g/mol. The van der Waals surface area contributed by atoms with E-state index in [0.717, 1.165) is 25.7 Å². The van der Waals surface area contributed by atoms with Gasteiger partial charge in [0.1, 0.15) is 0 Å². The predicted molar refractivity (Wildman–Crippen MR) is 47.6 cm³/mol. The summed E-state index contributed by atoms with van der Waals surface area (Å²) >= 11 is 0. The van der Waals surface area contributed by atoms with Gasteiger partial charge in [-0.15, -0.1) is 0 Å². The third-order valence-electron chi connectivity index (χ3n) is 2.68. The van der Waals surface area contributed by atoms with Crippen LogP contribution < -0.4 is 0 Å². The molecule has 1 rings (SSSR count). The first-order valence-corrected chi connectivity index (χ1v) is 4.82. The van der Waals surface area contributed by atoms with Crippen molar-refractivity contribution >= 4 is 0 Å². The maximum Gasteiger partial charge on any atom is 0.245 e. The monoisotopic (exact) mass is 169 g/mol. The van der Waals surface area contributed by atoms with Crippen LogP contribution in [0.2, 0.25) is 0 Å². The molecule has 1 aliphatic carbocycles. The average molecular weight is 169 g/mol. The number of hydrogen-bond donors (Lipinski definition) is 0. The molecule has 1 aliphatic rings. The molecule has 0 aliphatic heterocycles. The van der Waals surface area contributed by atoms with E-state index in [-0.39, 0.29) is 12.5 Å². The molecule has 1 fully saturated rings. The van der Waals surface area contributed by atoms with E-state index in [0.29, 0.717) is 0 Å². The Kier molecular flexibility index (Phi) is 4.07. The van der Waals surface area contributed by atoms with Gasteiger partial charge in [-0.1, -0.05) is 25.7 Å². The lowest BCUT2D eigenvalue weighted by Crippen LogP contribution is -2.17. The van der Waals surface area contributed by atoms with Gasteiger partial charge in [0, 0.05) is 0 Å². The number of rotatable bonds is 2. The van der Waals surface area contributed by atoms with Gasteiger partial charge in [0.25, 0.3) is 0 Å². The molecular formula is C10H16FN. The molecule has 2 heteroatoms. The molecule has 1 unspecified atom stereocenters. The number of alkyl halides is 1. The van der Waals surface area contributed by atoms with Crippen LogP contribution in [-0.2, 0) is 0 Å². The Bertz CT molecular complexity index is 154. The molecule has 0 spiro atoms. The molecule has 1 saturated carbocycles. The summed E-state index contributed by atoms with van der Waals surface area (Å²) in [7, 11) is 0. The molecule has 1 nitrogen and oxygen atoms in total. The van der Waals surface area contributed by atoms with Crippen molar-refractivity contribution in [1.29, 1.82) is 0 Å². The van der Waals surface area contributed by atoms with E-state index in [9.17, 15) is 4.39 Å². The van der Waals surface area contributed by atoms with Crippen LogP contribution >= 0.6 is 0 Å². The Hall–Kier alpha value is -0.580. The van der Waals surface area contributed by atoms with Gasteiger partial charge in [-0.3, -0.25) is 0 Å². The standard InChI is InChI=1S/C10H16FN/c1-12-8-10(11)9-6-4-2-3-5-7-9/h9-10H,2-8H2. The highest BCUT2D eigenvalue weighted by Crippen LogP contribution is 2.27. The number of hydrogen-bond acceptors (Lipinski definition) is 0. The molecule has 68 valence electrons. The molecule has 0 saturated heterocycles. The second-order valence-corrected chi connectivity index (χ2v) is 3.61. The van der Waals surface area contributed by atoms with Crippen molar-refractivity contribution in [3.8, 4) is 0 Å². The highest BCUT2D eigenvalue weighted by molar-refractivity contribution is 4.78. The normalized spacial score (nSPS) is 22.7. The minimum Gasteiger partial charge on any atom is -0.314 e. The fraction of sp³-hybridized carbons (Fsp3) is 0.900. The SMILES string of the molecule is [C-]#[N+]CC(F)C1CCCCCC1. The fourth-order valence-corrected chi connectivity index (χ4v) is 1.91. The van der Waals surface area contributed by atoms with Crippen molar-refractivity contribution in [3.63, 3.8) is 0 Å². The van der Waals surface area contributed by atoms with E-state index in [1.165, 1.54) is 12.8 Å². The van der Waals surface area contributed by atoms with Crippen LogP contribution in [-0.4, -0.2) is 12.7 Å². The Balaban J connectivity index is 2.33. The van der Waals surface area contributed by atoms with Gasteiger partial charge in [-0.25, -0.2) is 11.0 Å². The van der Waals surface area contributed by atoms with Crippen LogP contribution in [0.15, 0.2) is 0 Å². The summed E-state index contributed by atoms with van der Waals surface area (Å²) in [4.78, 5) is 3.12. The minimum atomic E-state index is -0.861. The van der Waals surface area contributed by atoms with E-state index in [1.54, 1.807) is 0 Å². The van der Waals surface area contributed by atoms with E-state index in [4.69, 9.17) is 6.57 Å². The zero-order valence-corrected chi connectivity index (χ0v) is 7.43. The molecule has 0 amide bonds.